The van der Waals surface area contributed by atoms with E-state index in [1.54, 1.807) is 17.8 Å². The molecule has 2 aromatic rings. The Kier molecular flexibility index (Phi) is 3.71. The number of ether oxygens (including phenoxy) is 1. The summed E-state index contributed by atoms with van der Waals surface area (Å²) >= 11 is 1.54. The molecule has 17 heavy (non-hydrogen) atoms. The van der Waals surface area contributed by atoms with E-state index >= 15 is 0 Å². The van der Waals surface area contributed by atoms with Crippen LogP contribution in [-0.2, 0) is 0 Å². The zero-order valence-electron chi connectivity index (χ0n) is 9.61. The second kappa shape index (κ2) is 5.25. The van der Waals surface area contributed by atoms with Gasteiger partial charge in [0.2, 0.25) is 0 Å². The highest BCUT2D eigenvalue weighted by Crippen LogP contribution is 2.27. The van der Waals surface area contributed by atoms with E-state index in [1.165, 1.54) is 24.5 Å². The molecule has 1 atom stereocenters. The minimum Gasteiger partial charge on any atom is -0.494 e. The van der Waals surface area contributed by atoms with Gasteiger partial charge in [-0.05, 0) is 24.7 Å². The Morgan fingerprint density at radius 3 is 2.82 bits per heavy atom. The molecule has 0 fully saturated rings. The van der Waals surface area contributed by atoms with Gasteiger partial charge in [0.15, 0.2) is 11.6 Å². The molecule has 0 aliphatic rings. The highest BCUT2D eigenvalue weighted by molar-refractivity contribution is 7.09. The summed E-state index contributed by atoms with van der Waals surface area (Å²) in [6.45, 7) is 0. The van der Waals surface area contributed by atoms with Crippen molar-refractivity contribution < 1.29 is 9.13 Å². The lowest BCUT2D eigenvalue weighted by Crippen LogP contribution is -2.16. The maximum absolute atomic E-state index is 13.6. The van der Waals surface area contributed by atoms with E-state index in [0.717, 1.165) is 10.4 Å². The van der Waals surface area contributed by atoms with Crippen LogP contribution in [-0.4, -0.2) is 19.1 Å². The van der Waals surface area contributed by atoms with Crippen molar-refractivity contribution in [3.8, 4) is 5.75 Å². The van der Waals surface area contributed by atoms with E-state index in [2.05, 4.69) is 10.3 Å². The van der Waals surface area contributed by atoms with Gasteiger partial charge in [-0.2, -0.15) is 0 Å². The van der Waals surface area contributed by atoms with Crippen LogP contribution in [0, 0.1) is 5.82 Å². The smallest absolute Gasteiger partial charge is 0.165 e. The molecule has 0 bridgehead atoms. The quantitative estimate of drug-likeness (QED) is 0.908. The molecule has 1 N–H and O–H groups in total. The molecule has 0 saturated carbocycles. The molecule has 3 nitrogen and oxygen atoms in total. The van der Waals surface area contributed by atoms with Crippen molar-refractivity contribution in [2.75, 3.05) is 14.2 Å². The second-order valence-corrected chi connectivity index (χ2v) is 4.44. The highest BCUT2D eigenvalue weighted by Gasteiger charge is 2.15. The van der Waals surface area contributed by atoms with Gasteiger partial charge in [0, 0.05) is 11.1 Å². The molecule has 0 aliphatic carbocycles. The lowest BCUT2D eigenvalue weighted by atomic mass is 10.1. The number of methoxy groups -OCH3 is 1. The van der Waals surface area contributed by atoms with E-state index < -0.39 is 0 Å². The Morgan fingerprint density at radius 2 is 2.29 bits per heavy atom. The molecule has 1 aromatic heterocycles. The molecule has 1 aromatic carbocycles. The molecule has 1 heterocycles. The van der Waals surface area contributed by atoms with E-state index in [-0.39, 0.29) is 17.6 Å². The van der Waals surface area contributed by atoms with Crippen molar-refractivity contribution in [1.82, 2.24) is 10.3 Å². The number of hydrogen-bond donors (Lipinski definition) is 1. The zero-order valence-corrected chi connectivity index (χ0v) is 10.4. The number of rotatable bonds is 4. The SMILES string of the molecule is CNC(c1ccc(OC)c(F)c1)c1cncs1. The average Bonchev–Trinajstić information content (AvgIpc) is 2.84. The van der Waals surface area contributed by atoms with Crippen molar-refractivity contribution in [2.24, 2.45) is 0 Å². The highest BCUT2D eigenvalue weighted by atomic mass is 32.1. The number of nitrogens with one attached hydrogen (secondary N) is 1. The van der Waals surface area contributed by atoms with Crippen LogP contribution in [0.5, 0.6) is 5.75 Å². The third-order valence-corrected chi connectivity index (χ3v) is 3.37. The topological polar surface area (TPSA) is 34.1 Å². The molecule has 2 rings (SSSR count). The van der Waals surface area contributed by atoms with Crippen molar-refractivity contribution in [3.05, 3.63) is 46.2 Å². The number of benzene rings is 1. The number of aromatic nitrogens is 1. The van der Waals surface area contributed by atoms with Gasteiger partial charge in [0.1, 0.15) is 0 Å². The molecule has 0 radical (unpaired) electrons. The van der Waals surface area contributed by atoms with E-state index in [4.69, 9.17) is 4.74 Å². The third-order valence-electron chi connectivity index (χ3n) is 2.53. The Hall–Kier alpha value is -1.46. The normalized spacial score (nSPS) is 12.4. The van der Waals surface area contributed by atoms with Crippen LogP contribution >= 0.6 is 11.3 Å². The van der Waals surface area contributed by atoms with Gasteiger partial charge in [-0.3, -0.25) is 4.98 Å². The van der Waals surface area contributed by atoms with Crippen LogP contribution in [0.1, 0.15) is 16.5 Å². The lowest BCUT2D eigenvalue weighted by molar-refractivity contribution is 0.386. The molecule has 0 spiro atoms. The molecule has 1 unspecified atom stereocenters. The van der Waals surface area contributed by atoms with Gasteiger partial charge in [-0.25, -0.2) is 4.39 Å². The zero-order chi connectivity index (χ0) is 12.3. The summed E-state index contributed by atoms with van der Waals surface area (Å²) in [6.07, 6.45) is 1.79. The molecule has 0 saturated heterocycles. The van der Waals surface area contributed by atoms with Crippen molar-refractivity contribution >= 4 is 11.3 Å². The van der Waals surface area contributed by atoms with Gasteiger partial charge < -0.3 is 10.1 Å². The first-order chi connectivity index (χ1) is 8.26. The van der Waals surface area contributed by atoms with Gasteiger partial charge in [-0.1, -0.05) is 6.07 Å². The Bertz CT molecular complexity index is 487. The molecule has 5 heteroatoms. The van der Waals surface area contributed by atoms with Crippen molar-refractivity contribution in [1.29, 1.82) is 0 Å². The van der Waals surface area contributed by atoms with Gasteiger partial charge in [0.25, 0.3) is 0 Å². The fourth-order valence-electron chi connectivity index (χ4n) is 1.70. The van der Waals surface area contributed by atoms with E-state index in [9.17, 15) is 4.39 Å². The standard InChI is InChI=1S/C12H13FN2OS/c1-14-12(11-6-15-7-17-11)8-3-4-10(16-2)9(13)5-8/h3-7,12,14H,1-2H3. The Labute approximate surface area is 103 Å². The summed E-state index contributed by atoms with van der Waals surface area (Å²) in [5.41, 5.74) is 2.62. The molecular formula is C12H13FN2OS. The van der Waals surface area contributed by atoms with Crippen molar-refractivity contribution in [3.63, 3.8) is 0 Å². The average molecular weight is 252 g/mol. The summed E-state index contributed by atoms with van der Waals surface area (Å²) in [5, 5.41) is 3.15. The summed E-state index contributed by atoms with van der Waals surface area (Å²) in [4.78, 5) is 5.09. The maximum Gasteiger partial charge on any atom is 0.165 e. The van der Waals surface area contributed by atoms with Crippen molar-refractivity contribution in [2.45, 2.75) is 6.04 Å². The first-order valence-electron chi connectivity index (χ1n) is 5.15. The number of nitrogens with zero attached hydrogens (tertiary/aromatic N) is 1. The summed E-state index contributed by atoms with van der Waals surface area (Å²) < 4.78 is 18.5. The molecule has 0 aliphatic heterocycles. The van der Waals surface area contributed by atoms with Gasteiger partial charge in [-0.15, -0.1) is 11.3 Å². The predicted molar refractivity (Wildman–Crippen MR) is 66.0 cm³/mol. The van der Waals surface area contributed by atoms with E-state index in [1.807, 2.05) is 13.1 Å². The van der Waals surface area contributed by atoms with Crippen LogP contribution in [0.15, 0.2) is 29.9 Å². The van der Waals surface area contributed by atoms with Crippen LogP contribution < -0.4 is 10.1 Å². The minimum atomic E-state index is -0.352. The minimum absolute atomic E-state index is 0.0390. The summed E-state index contributed by atoms with van der Waals surface area (Å²) in [5.74, 6) is -0.0947. The Morgan fingerprint density at radius 1 is 1.47 bits per heavy atom. The van der Waals surface area contributed by atoms with Crippen LogP contribution in [0.25, 0.3) is 0 Å². The maximum atomic E-state index is 13.6. The second-order valence-electron chi connectivity index (χ2n) is 3.52. The fraction of sp³-hybridized carbons (Fsp3) is 0.250. The van der Waals surface area contributed by atoms with Gasteiger partial charge >= 0.3 is 0 Å². The number of halogens is 1. The third kappa shape index (κ3) is 2.45. The van der Waals surface area contributed by atoms with Crippen LogP contribution in [0.2, 0.25) is 0 Å². The van der Waals surface area contributed by atoms with E-state index in [0.29, 0.717) is 0 Å². The largest absolute Gasteiger partial charge is 0.494 e. The van der Waals surface area contributed by atoms with Gasteiger partial charge in [0.05, 0.1) is 18.7 Å². The molecule has 0 amide bonds. The van der Waals surface area contributed by atoms with Crippen LogP contribution in [0.3, 0.4) is 0 Å². The lowest BCUT2D eigenvalue weighted by Gasteiger charge is -2.15. The first-order valence-corrected chi connectivity index (χ1v) is 6.03. The first kappa shape index (κ1) is 12.0. The Balaban J connectivity index is 2.35. The molecule has 90 valence electrons. The molecular weight excluding hydrogens is 239 g/mol. The number of hydrogen-bond acceptors (Lipinski definition) is 4. The number of thiazole rings is 1. The van der Waals surface area contributed by atoms with Crippen LogP contribution in [0.4, 0.5) is 4.39 Å². The predicted octanol–water partition coefficient (Wildman–Crippen LogP) is 2.60. The summed E-state index contributed by atoms with van der Waals surface area (Å²) in [7, 11) is 3.29. The fourth-order valence-corrected chi connectivity index (χ4v) is 2.46. The summed E-state index contributed by atoms with van der Waals surface area (Å²) in [6, 6.07) is 4.93. The monoisotopic (exact) mass is 252 g/mol.